The van der Waals surface area contributed by atoms with Gasteiger partial charge in [0.05, 0.1) is 30.5 Å². The maximum Gasteiger partial charge on any atom is 0.260 e. The maximum atomic E-state index is 13.5. The number of methoxy groups -OCH3 is 1. The Bertz CT molecular complexity index is 1040. The Kier molecular flexibility index (Phi) is 8.31. The van der Waals surface area contributed by atoms with Crippen molar-refractivity contribution in [2.24, 2.45) is 0 Å². The number of amides is 1. The van der Waals surface area contributed by atoms with E-state index in [1.807, 2.05) is 61.5 Å². The van der Waals surface area contributed by atoms with Crippen molar-refractivity contribution in [3.8, 4) is 5.75 Å². The summed E-state index contributed by atoms with van der Waals surface area (Å²) in [4.78, 5) is 24.4. The van der Waals surface area contributed by atoms with E-state index >= 15 is 0 Å². The molecular formula is C23H29ClN4O3S. The number of nitrogens with zero attached hydrogens (tertiary/aromatic N) is 4. The smallest absolute Gasteiger partial charge is 0.260 e. The molecule has 1 fully saturated rings. The summed E-state index contributed by atoms with van der Waals surface area (Å²) in [6, 6.07) is 13.5. The lowest BCUT2D eigenvalue weighted by Gasteiger charge is -2.29. The minimum atomic E-state index is -0.0374. The van der Waals surface area contributed by atoms with E-state index in [0.717, 1.165) is 54.5 Å². The van der Waals surface area contributed by atoms with Crippen LogP contribution in [0.3, 0.4) is 0 Å². The molecule has 1 aliphatic heterocycles. The van der Waals surface area contributed by atoms with Gasteiger partial charge in [-0.25, -0.2) is 4.98 Å². The molecule has 0 spiro atoms. The third-order valence-electron chi connectivity index (χ3n) is 5.43. The first-order valence-electron chi connectivity index (χ1n) is 10.4. The second kappa shape index (κ2) is 11.0. The molecule has 0 saturated carbocycles. The summed E-state index contributed by atoms with van der Waals surface area (Å²) in [7, 11) is 5.62. The molecule has 0 atom stereocenters. The Morgan fingerprint density at radius 3 is 2.53 bits per heavy atom. The number of thiazole rings is 1. The van der Waals surface area contributed by atoms with Crippen molar-refractivity contribution in [3.05, 3.63) is 48.0 Å². The van der Waals surface area contributed by atoms with Gasteiger partial charge in [0.1, 0.15) is 5.75 Å². The van der Waals surface area contributed by atoms with Crippen LogP contribution in [-0.4, -0.2) is 76.4 Å². The maximum absolute atomic E-state index is 13.5. The van der Waals surface area contributed by atoms with Crippen LogP contribution < -0.4 is 14.5 Å². The molecule has 1 saturated heterocycles. The third-order valence-corrected chi connectivity index (χ3v) is 6.49. The summed E-state index contributed by atoms with van der Waals surface area (Å²) < 4.78 is 11.8. The fraction of sp³-hybridized carbons (Fsp3) is 0.391. The number of fused-ring (bicyclic) bond motifs is 1. The minimum absolute atomic E-state index is 0. The third kappa shape index (κ3) is 5.50. The summed E-state index contributed by atoms with van der Waals surface area (Å²) in [6.07, 6.45) is 0. The van der Waals surface area contributed by atoms with Crippen molar-refractivity contribution >= 4 is 50.7 Å². The highest BCUT2D eigenvalue weighted by atomic mass is 35.5. The lowest BCUT2D eigenvalue weighted by Crippen LogP contribution is -2.43. The zero-order valence-corrected chi connectivity index (χ0v) is 20.2. The number of halogens is 1. The highest BCUT2D eigenvalue weighted by molar-refractivity contribution is 7.22. The number of benzene rings is 2. The first-order valence-corrected chi connectivity index (χ1v) is 11.2. The summed E-state index contributed by atoms with van der Waals surface area (Å²) in [5.74, 6) is 0.722. The van der Waals surface area contributed by atoms with Crippen LogP contribution in [-0.2, 0) is 4.74 Å². The largest absolute Gasteiger partial charge is 0.497 e. The van der Waals surface area contributed by atoms with Crippen LogP contribution in [0.5, 0.6) is 5.75 Å². The number of anilines is 2. The van der Waals surface area contributed by atoms with Crippen LogP contribution >= 0.6 is 23.7 Å². The van der Waals surface area contributed by atoms with E-state index in [9.17, 15) is 4.79 Å². The zero-order chi connectivity index (χ0) is 21.8. The van der Waals surface area contributed by atoms with Gasteiger partial charge in [-0.15, -0.1) is 12.4 Å². The molecule has 2 heterocycles. The van der Waals surface area contributed by atoms with Crippen LogP contribution in [0.4, 0.5) is 10.8 Å². The first-order chi connectivity index (χ1) is 15.0. The zero-order valence-electron chi connectivity index (χ0n) is 18.6. The molecular weight excluding hydrogens is 448 g/mol. The minimum Gasteiger partial charge on any atom is -0.497 e. The van der Waals surface area contributed by atoms with Gasteiger partial charge in [0.25, 0.3) is 5.91 Å². The van der Waals surface area contributed by atoms with E-state index in [1.54, 1.807) is 12.0 Å². The Balaban J connectivity index is 0.00000289. The van der Waals surface area contributed by atoms with Crippen molar-refractivity contribution in [1.82, 2.24) is 9.88 Å². The van der Waals surface area contributed by atoms with Gasteiger partial charge in [0.15, 0.2) is 5.13 Å². The Hall–Kier alpha value is -2.39. The van der Waals surface area contributed by atoms with Gasteiger partial charge in [0.2, 0.25) is 0 Å². The molecule has 7 nitrogen and oxygen atoms in total. The Labute approximate surface area is 198 Å². The molecule has 1 aliphatic rings. The molecule has 4 rings (SSSR count). The molecule has 0 N–H and O–H groups in total. The molecule has 0 unspecified atom stereocenters. The van der Waals surface area contributed by atoms with Crippen LogP contribution in [0, 0.1) is 0 Å². The lowest BCUT2D eigenvalue weighted by molar-refractivity contribution is 0.0391. The topological polar surface area (TPSA) is 58.1 Å². The van der Waals surface area contributed by atoms with Crippen molar-refractivity contribution < 1.29 is 14.3 Å². The molecule has 1 amide bonds. The number of aromatic nitrogens is 1. The lowest BCUT2D eigenvalue weighted by atomic mass is 10.1. The van der Waals surface area contributed by atoms with Gasteiger partial charge >= 0.3 is 0 Å². The highest BCUT2D eigenvalue weighted by Crippen LogP contribution is 2.32. The van der Waals surface area contributed by atoms with E-state index in [4.69, 9.17) is 14.5 Å². The van der Waals surface area contributed by atoms with Crippen LogP contribution in [0.25, 0.3) is 10.2 Å². The van der Waals surface area contributed by atoms with E-state index in [1.165, 1.54) is 11.3 Å². The molecule has 3 aromatic rings. The second-order valence-electron chi connectivity index (χ2n) is 7.68. The van der Waals surface area contributed by atoms with Gasteiger partial charge in [-0.05, 0) is 36.4 Å². The normalized spacial score (nSPS) is 14.1. The van der Waals surface area contributed by atoms with Crippen LogP contribution in [0.2, 0.25) is 0 Å². The van der Waals surface area contributed by atoms with Gasteiger partial charge < -0.3 is 14.4 Å². The summed E-state index contributed by atoms with van der Waals surface area (Å²) >= 11 is 1.53. The molecule has 9 heteroatoms. The predicted octanol–water partition coefficient (Wildman–Crippen LogP) is 3.77. The molecule has 172 valence electrons. The van der Waals surface area contributed by atoms with Crippen LogP contribution in [0.1, 0.15) is 10.4 Å². The van der Waals surface area contributed by atoms with Gasteiger partial charge in [-0.3, -0.25) is 14.6 Å². The van der Waals surface area contributed by atoms with E-state index in [-0.39, 0.29) is 18.3 Å². The molecule has 1 aromatic heterocycles. The van der Waals surface area contributed by atoms with Crippen molar-refractivity contribution in [2.45, 2.75) is 0 Å². The van der Waals surface area contributed by atoms with Gasteiger partial charge in [-0.2, -0.15) is 0 Å². The monoisotopic (exact) mass is 476 g/mol. The summed E-state index contributed by atoms with van der Waals surface area (Å²) in [6.45, 7) is 4.60. The van der Waals surface area contributed by atoms with E-state index in [0.29, 0.717) is 17.2 Å². The quantitative estimate of drug-likeness (QED) is 0.517. The number of ether oxygens (including phenoxy) is 2. The van der Waals surface area contributed by atoms with Gasteiger partial charge in [0, 0.05) is 57.6 Å². The van der Waals surface area contributed by atoms with E-state index in [2.05, 4.69) is 4.90 Å². The number of rotatable bonds is 7. The summed E-state index contributed by atoms with van der Waals surface area (Å²) in [5, 5.41) is 0.707. The SMILES string of the molecule is COc1ccc2sc(N(CCN3CCOCC3)C(=O)c3ccc(N(C)C)cc3)nc2c1.Cl. The summed E-state index contributed by atoms with van der Waals surface area (Å²) in [5.41, 5.74) is 2.55. The number of carbonyl (C=O) groups is 1. The number of carbonyl (C=O) groups excluding carboxylic acids is 1. The second-order valence-corrected chi connectivity index (χ2v) is 8.69. The van der Waals surface area contributed by atoms with E-state index < -0.39 is 0 Å². The molecule has 0 radical (unpaired) electrons. The first kappa shape index (κ1) is 24.3. The number of hydrogen-bond donors (Lipinski definition) is 0. The molecule has 0 aliphatic carbocycles. The van der Waals surface area contributed by atoms with Crippen molar-refractivity contribution in [2.75, 3.05) is 70.4 Å². The predicted molar refractivity (Wildman–Crippen MR) is 133 cm³/mol. The van der Waals surface area contributed by atoms with Crippen molar-refractivity contribution in [1.29, 1.82) is 0 Å². The molecule has 2 aromatic carbocycles. The molecule has 0 bridgehead atoms. The van der Waals surface area contributed by atoms with Crippen LogP contribution in [0.15, 0.2) is 42.5 Å². The average molecular weight is 477 g/mol. The molecule has 32 heavy (non-hydrogen) atoms. The Morgan fingerprint density at radius 2 is 1.88 bits per heavy atom. The van der Waals surface area contributed by atoms with Gasteiger partial charge in [-0.1, -0.05) is 11.3 Å². The number of hydrogen-bond acceptors (Lipinski definition) is 7. The fourth-order valence-electron chi connectivity index (χ4n) is 3.55. The highest BCUT2D eigenvalue weighted by Gasteiger charge is 2.23. The fourth-order valence-corrected chi connectivity index (χ4v) is 4.52. The standard InChI is InChI=1S/C23H28N4O3S.ClH/c1-25(2)18-6-4-17(5-7-18)22(28)27(11-10-26-12-14-30-15-13-26)23-24-20-16-19(29-3)8-9-21(20)31-23;/h4-9,16H,10-15H2,1-3H3;1H. The van der Waals surface area contributed by atoms with Crippen molar-refractivity contribution in [3.63, 3.8) is 0 Å². The Morgan fingerprint density at radius 1 is 1.16 bits per heavy atom. The average Bonchev–Trinajstić information content (AvgIpc) is 3.22. The number of morpholine rings is 1.